The van der Waals surface area contributed by atoms with Gasteiger partial charge in [-0.25, -0.2) is 0 Å². The summed E-state index contributed by atoms with van der Waals surface area (Å²) in [5.74, 6) is 2.28. The monoisotopic (exact) mass is 559 g/mol. The van der Waals surface area contributed by atoms with Crippen molar-refractivity contribution in [3.05, 3.63) is 69.9 Å². The summed E-state index contributed by atoms with van der Waals surface area (Å²) in [5, 5.41) is 3.07. The van der Waals surface area contributed by atoms with Crippen molar-refractivity contribution in [2.45, 2.75) is 25.8 Å². The van der Waals surface area contributed by atoms with Gasteiger partial charge in [-0.15, -0.1) is 0 Å². The smallest absolute Gasteiger partial charge is 0.217 e. The fourth-order valence-corrected chi connectivity index (χ4v) is 6.04. The molecule has 2 aliphatic rings. The molecule has 3 aromatic carbocycles. The Hall–Kier alpha value is -4.40. The number of rotatable bonds is 7. The van der Waals surface area contributed by atoms with Gasteiger partial charge in [-0.3, -0.25) is 9.59 Å². The van der Waals surface area contributed by atoms with Gasteiger partial charge in [-0.2, -0.15) is 0 Å². The molecule has 3 aromatic rings. The van der Waals surface area contributed by atoms with Gasteiger partial charge in [0, 0.05) is 38.7 Å². The predicted molar refractivity (Wildman–Crippen MR) is 160 cm³/mol. The van der Waals surface area contributed by atoms with Crippen molar-refractivity contribution in [2.75, 3.05) is 64.4 Å². The topological polar surface area (TPSA) is 89.6 Å². The molecule has 1 N–H and O–H groups in total. The minimum atomic E-state index is -0.341. The minimum Gasteiger partial charge on any atom is -0.495 e. The summed E-state index contributed by atoms with van der Waals surface area (Å²) in [6.45, 7) is 4.36. The highest BCUT2D eigenvalue weighted by Gasteiger charge is 2.30. The molecule has 0 saturated carbocycles. The Morgan fingerprint density at radius 3 is 2.10 bits per heavy atom. The van der Waals surface area contributed by atoms with Crippen molar-refractivity contribution >= 4 is 17.3 Å². The Morgan fingerprint density at radius 2 is 1.46 bits per heavy atom. The van der Waals surface area contributed by atoms with E-state index in [1.807, 2.05) is 36.4 Å². The van der Waals surface area contributed by atoms with E-state index in [1.165, 1.54) is 6.92 Å². The molecule has 1 heterocycles. The number of para-hydroxylation sites is 2. The third kappa shape index (κ3) is 5.36. The van der Waals surface area contributed by atoms with Crippen molar-refractivity contribution in [3.63, 3.8) is 0 Å². The number of anilines is 2. The number of benzene rings is 2. The van der Waals surface area contributed by atoms with E-state index >= 15 is 0 Å². The van der Waals surface area contributed by atoms with Crippen molar-refractivity contribution in [1.29, 1.82) is 0 Å². The zero-order valence-corrected chi connectivity index (χ0v) is 24.3. The lowest BCUT2D eigenvalue weighted by Gasteiger charge is -2.37. The van der Waals surface area contributed by atoms with E-state index < -0.39 is 0 Å². The molecule has 0 radical (unpaired) electrons. The van der Waals surface area contributed by atoms with Crippen LogP contribution in [-0.4, -0.2) is 60.5 Å². The molecule has 9 nitrogen and oxygen atoms in total. The summed E-state index contributed by atoms with van der Waals surface area (Å²) < 4.78 is 22.8. The number of fused-ring (bicyclic) bond motifs is 3. The second kappa shape index (κ2) is 12.0. The van der Waals surface area contributed by atoms with Gasteiger partial charge < -0.3 is 34.1 Å². The first-order chi connectivity index (χ1) is 19.9. The number of carbonyl (C=O) groups is 1. The molecule has 0 aromatic heterocycles. The molecule has 1 saturated heterocycles. The van der Waals surface area contributed by atoms with Gasteiger partial charge in [0.05, 0.1) is 45.9 Å². The van der Waals surface area contributed by atoms with Crippen molar-refractivity contribution in [1.82, 2.24) is 5.32 Å². The van der Waals surface area contributed by atoms with Crippen molar-refractivity contribution in [3.8, 4) is 34.1 Å². The van der Waals surface area contributed by atoms with E-state index in [0.29, 0.717) is 48.9 Å². The van der Waals surface area contributed by atoms with Gasteiger partial charge in [-0.1, -0.05) is 18.2 Å². The van der Waals surface area contributed by atoms with Crippen LogP contribution in [0.5, 0.6) is 23.0 Å². The number of nitrogens with one attached hydrogen (secondary N) is 1. The predicted octanol–water partition coefficient (Wildman–Crippen LogP) is 4.20. The number of methoxy groups -OCH3 is 4. The van der Waals surface area contributed by atoms with Gasteiger partial charge in [-0.05, 0) is 59.9 Å². The SMILES string of the molecule is COc1ccccc1N1CCN(c2ccc3c(cc2=O)[C@H](NC(C)=O)CCc2cc(OC)c(OC)c(OC)c2-3)CC1. The highest BCUT2D eigenvalue weighted by molar-refractivity contribution is 5.84. The molecule has 5 rings (SSSR count). The zero-order chi connectivity index (χ0) is 29.1. The third-order valence-corrected chi connectivity index (χ3v) is 7.94. The number of hydrogen-bond acceptors (Lipinski definition) is 8. The lowest BCUT2D eigenvalue weighted by molar-refractivity contribution is -0.119. The first-order valence-electron chi connectivity index (χ1n) is 13.8. The van der Waals surface area contributed by atoms with E-state index in [1.54, 1.807) is 34.5 Å². The summed E-state index contributed by atoms with van der Waals surface area (Å²) in [7, 11) is 6.45. The van der Waals surface area contributed by atoms with Crippen LogP contribution >= 0.6 is 0 Å². The minimum absolute atomic E-state index is 0.0877. The first-order valence-corrected chi connectivity index (χ1v) is 13.8. The van der Waals surface area contributed by atoms with Gasteiger partial charge in [0.25, 0.3) is 0 Å². The number of hydrogen-bond donors (Lipinski definition) is 1. The summed E-state index contributed by atoms with van der Waals surface area (Å²) in [6, 6.07) is 15.2. The van der Waals surface area contributed by atoms with E-state index in [-0.39, 0.29) is 17.4 Å². The van der Waals surface area contributed by atoms with E-state index in [4.69, 9.17) is 18.9 Å². The third-order valence-electron chi connectivity index (χ3n) is 7.94. The molecule has 1 fully saturated rings. The van der Waals surface area contributed by atoms with Crippen LogP contribution in [0.4, 0.5) is 11.4 Å². The maximum absolute atomic E-state index is 13.8. The number of nitrogens with zero attached hydrogens (tertiary/aromatic N) is 2. The molecular weight excluding hydrogens is 522 g/mol. The molecule has 216 valence electrons. The second-order valence-electron chi connectivity index (χ2n) is 10.2. The molecule has 0 spiro atoms. The number of ether oxygens (including phenoxy) is 4. The largest absolute Gasteiger partial charge is 0.495 e. The van der Waals surface area contributed by atoms with Crippen LogP contribution in [0.3, 0.4) is 0 Å². The summed E-state index contributed by atoms with van der Waals surface area (Å²) in [5.41, 5.74) is 5.01. The Balaban J connectivity index is 1.58. The Bertz CT molecular complexity index is 1500. The van der Waals surface area contributed by atoms with Crippen LogP contribution < -0.4 is 39.5 Å². The van der Waals surface area contributed by atoms with Crippen LogP contribution in [0, 0.1) is 0 Å². The van der Waals surface area contributed by atoms with E-state index in [9.17, 15) is 9.59 Å². The van der Waals surface area contributed by atoms with Crippen LogP contribution in [0.15, 0.2) is 53.3 Å². The van der Waals surface area contributed by atoms with Gasteiger partial charge in [0.2, 0.25) is 17.1 Å². The number of aryl methyl sites for hydroxylation is 1. The molecule has 0 bridgehead atoms. The molecule has 1 amide bonds. The lowest BCUT2D eigenvalue weighted by Crippen LogP contribution is -2.47. The highest BCUT2D eigenvalue weighted by Crippen LogP contribution is 2.50. The maximum atomic E-state index is 13.8. The van der Waals surface area contributed by atoms with E-state index in [0.717, 1.165) is 46.8 Å². The Kier molecular flexibility index (Phi) is 8.23. The highest BCUT2D eigenvalue weighted by atomic mass is 16.5. The molecule has 9 heteroatoms. The quantitative estimate of drug-likeness (QED) is 0.461. The fourth-order valence-electron chi connectivity index (χ4n) is 6.04. The molecular formula is C32H37N3O6. The Labute approximate surface area is 240 Å². The van der Waals surface area contributed by atoms with Crippen molar-refractivity contribution < 1.29 is 23.7 Å². The molecule has 1 atom stereocenters. The van der Waals surface area contributed by atoms with Crippen LogP contribution in [0.25, 0.3) is 11.1 Å². The number of carbonyl (C=O) groups excluding carboxylic acids is 1. The summed E-state index contributed by atoms with van der Waals surface area (Å²) in [4.78, 5) is 30.5. The van der Waals surface area contributed by atoms with Gasteiger partial charge in [0.15, 0.2) is 11.5 Å². The average Bonchev–Trinajstić information content (AvgIpc) is 3.24. The summed E-state index contributed by atoms with van der Waals surface area (Å²) >= 11 is 0. The van der Waals surface area contributed by atoms with Crippen molar-refractivity contribution in [2.24, 2.45) is 0 Å². The van der Waals surface area contributed by atoms with E-state index in [2.05, 4.69) is 21.2 Å². The van der Waals surface area contributed by atoms with Crippen LogP contribution in [-0.2, 0) is 11.2 Å². The molecule has 0 unspecified atom stereocenters. The average molecular weight is 560 g/mol. The Morgan fingerprint density at radius 1 is 0.805 bits per heavy atom. The maximum Gasteiger partial charge on any atom is 0.217 e. The zero-order valence-electron chi connectivity index (χ0n) is 24.3. The number of amides is 1. The fraction of sp³-hybridized carbons (Fsp3) is 0.375. The molecule has 41 heavy (non-hydrogen) atoms. The molecule has 1 aliphatic heterocycles. The second-order valence-corrected chi connectivity index (χ2v) is 10.2. The first kappa shape index (κ1) is 28.1. The van der Waals surface area contributed by atoms with Crippen LogP contribution in [0.1, 0.15) is 30.5 Å². The molecule has 1 aliphatic carbocycles. The normalized spacial score (nSPS) is 16.2. The van der Waals surface area contributed by atoms with Gasteiger partial charge >= 0.3 is 0 Å². The standard InChI is InChI=1S/C32H37N3O6/c1-20(36)33-24-12-10-21-18-29(39-3)31(40-4)32(41-5)30(21)22-11-13-25(27(37)19-23(22)24)34-14-16-35(17-15-34)26-8-6-7-9-28(26)38-2/h6-9,11,13,18-19,24H,10,12,14-17H2,1-5H3,(H,33,36)/t24-/m1/s1. The van der Waals surface area contributed by atoms with Crippen LogP contribution in [0.2, 0.25) is 0 Å². The summed E-state index contributed by atoms with van der Waals surface area (Å²) in [6.07, 6.45) is 1.27. The van der Waals surface area contributed by atoms with Gasteiger partial charge in [0.1, 0.15) is 5.75 Å². The number of piperazine rings is 1. The lowest BCUT2D eigenvalue weighted by atomic mass is 9.95.